The van der Waals surface area contributed by atoms with Crippen LogP contribution < -0.4 is 10.5 Å². The number of hydrogen-bond donors (Lipinski definition) is 1. The van der Waals surface area contributed by atoms with Crippen molar-refractivity contribution in [2.24, 2.45) is 5.73 Å². The molecule has 108 valence electrons. The number of halogens is 1. The van der Waals surface area contributed by atoms with Crippen molar-refractivity contribution in [2.45, 2.75) is 20.1 Å². The van der Waals surface area contributed by atoms with E-state index in [-0.39, 0.29) is 0 Å². The Kier molecular flexibility index (Phi) is 4.29. The maximum Gasteiger partial charge on any atom is 0.122 e. The van der Waals surface area contributed by atoms with E-state index in [9.17, 15) is 0 Å². The average Bonchev–Trinajstić information content (AvgIpc) is 2.84. The Labute approximate surface area is 136 Å². The number of hydrogen-bond acceptors (Lipinski definition) is 3. The van der Waals surface area contributed by atoms with Gasteiger partial charge in [0.05, 0.1) is 0 Å². The maximum atomic E-state index is 6.02. The van der Waals surface area contributed by atoms with E-state index in [0.717, 1.165) is 15.8 Å². The standard InChI is InChI=1S/C17H16BrNOS/c1-11-8-12(18)6-7-15(11)20-10-14-13-4-2-3-5-16(13)21-17(14)9-19/h2-8H,9-10,19H2,1H3. The van der Waals surface area contributed by atoms with Gasteiger partial charge < -0.3 is 10.5 Å². The molecule has 2 N–H and O–H groups in total. The normalized spacial score (nSPS) is 11.0. The Morgan fingerprint density at radius 2 is 2.00 bits per heavy atom. The molecule has 0 unspecified atom stereocenters. The zero-order chi connectivity index (χ0) is 14.8. The molecule has 0 aliphatic heterocycles. The first-order valence-corrected chi connectivity index (χ1v) is 8.38. The molecule has 0 aliphatic rings. The Balaban J connectivity index is 1.91. The van der Waals surface area contributed by atoms with Crippen molar-refractivity contribution < 1.29 is 4.74 Å². The first kappa shape index (κ1) is 14.6. The van der Waals surface area contributed by atoms with Gasteiger partial charge in [-0.15, -0.1) is 11.3 Å². The van der Waals surface area contributed by atoms with Gasteiger partial charge in [-0.1, -0.05) is 34.1 Å². The van der Waals surface area contributed by atoms with Crippen LogP contribution in [0.5, 0.6) is 5.75 Å². The molecule has 1 heterocycles. The van der Waals surface area contributed by atoms with Crippen LogP contribution in [-0.4, -0.2) is 0 Å². The molecule has 0 atom stereocenters. The SMILES string of the molecule is Cc1cc(Br)ccc1OCc1c(CN)sc2ccccc12. The van der Waals surface area contributed by atoms with E-state index in [0.29, 0.717) is 13.2 Å². The quantitative estimate of drug-likeness (QED) is 0.708. The van der Waals surface area contributed by atoms with Gasteiger partial charge in [-0.25, -0.2) is 0 Å². The van der Waals surface area contributed by atoms with Crippen LogP contribution in [0.4, 0.5) is 0 Å². The van der Waals surface area contributed by atoms with Gasteiger partial charge in [0, 0.05) is 26.2 Å². The Morgan fingerprint density at radius 3 is 2.76 bits per heavy atom. The molecule has 2 nitrogen and oxygen atoms in total. The monoisotopic (exact) mass is 361 g/mol. The minimum absolute atomic E-state index is 0.553. The molecule has 0 spiro atoms. The molecule has 0 amide bonds. The molecule has 0 saturated carbocycles. The third kappa shape index (κ3) is 2.98. The van der Waals surface area contributed by atoms with Crippen molar-refractivity contribution in [3.05, 3.63) is 62.9 Å². The van der Waals surface area contributed by atoms with Crippen LogP contribution in [0.25, 0.3) is 10.1 Å². The molecular weight excluding hydrogens is 346 g/mol. The van der Waals surface area contributed by atoms with Crippen LogP contribution in [0.2, 0.25) is 0 Å². The summed E-state index contributed by atoms with van der Waals surface area (Å²) in [6.45, 7) is 3.16. The highest BCUT2D eigenvalue weighted by molar-refractivity contribution is 9.10. The smallest absolute Gasteiger partial charge is 0.122 e. The molecule has 0 radical (unpaired) electrons. The molecule has 0 fully saturated rings. The number of aryl methyl sites for hydroxylation is 1. The molecule has 0 aliphatic carbocycles. The van der Waals surface area contributed by atoms with E-state index < -0.39 is 0 Å². The summed E-state index contributed by atoms with van der Waals surface area (Å²) in [6, 6.07) is 14.4. The summed E-state index contributed by atoms with van der Waals surface area (Å²) in [5, 5.41) is 1.25. The Hall–Kier alpha value is -1.36. The third-order valence-corrected chi connectivity index (χ3v) is 5.20. The minimum atomic E-state index is 0.553. The summed E-state index contributed by atoms with van der Waals surface area (Å²) >= 11 is 5.22. The second-order valence-electron chi connectivity index (χ2n) is 4.90. The molecule has 21 heavy (non-hydrogen) atoms. The van der Waals surface area contributed by atoms with Crippen LogP contribution in [-0.2, 0) is 13.2 Å². The largest absolute Gasteiger partial charge is 0.489 e. The van der Waals surface area contributed by atoms with Crippen molar-refractivity contribution in [3.63, 3.8) is 0 Å². The molecular formula is C17H16BrNOS. The second kappa shape index (κ2) is 6.18. The molecule has 2 aromatic carbocycles. The van der Waals surface area contributed by atoms with Crippen molar-refractivity contribution in [1.82, 2.24) is 0 Å². The number of nitrogens with two attached hydrogens (primary N) is 1. The van der Waals surface area contributed by atoms with Crippen LogP contribution in [0.1, 0.15) is 16.0 Å². The van der Waals surface area contributed by atoms with E-state index in [1.165, 1.54) is 20.5 Å². The minimum Gasteiger partial charge on any atom is -0.489 e. The fraction of sp³-hybridized carbons (Fsp3) is 0.176. The molecule has 1 aromatic heterocycles. The lowest BCUT2D eigenvalue weighted by molar-refractivity contribution is 0.305. The highest BCUT2D eigenvalue weighted by Gasteiger charge is 2.12. The lowest BCUT2D eigenvalue weighted by Gasteiger charge is -2.10. The van der Waals surface area contributed by atoms with Crippen molar-refractivity contribution in [2.75, 3.05) is 0 Å². The summed E-state index contributed by atoms with van der Waals surface area (Å²) < 4.78 is 8.35. The molecule has 4 heteroatoms. The van der Waals surface area contributed by atoms with Gasteiger partial charge >= 0.3 is 0 Å². The highest BCUT2D eigenvalue weighted by atomic mass is 79.9. The van der Waals surface area contributed by atoms with Gasteiger partial charge in [-0.05, 0) is 42.1 Å². The third-order valence-electron chi connectivity index (χ3n) is 3.48. The van der Waals surface area contributed by atoms with Gasteiger partial charge in [0.15, 0.2) is 0 Å². The molecule has 3 rings (SSSR count). The van der Waals surface area contributed by atoms with Crippen LogP contribution in [0.15, 0.2) is 46.9 Å². The van der Waals surface area contributed by atoms with E-state index in [2.05, 4.69) is 53.2 Å². The number of benzene rings is 2. The highest BCUT2D eigenvalue weighted by Crippen LogP contribution is 2.32. The van der Waals surface area contributed by atoms with E-state index in [1.807, 2.05) is 12.1 Å². The van der Waals surface area contributed by atoms with Gasteiger partial charge in [0.25, 0.3) is 0 Å². The van der Waals surface area contributed by atoms with Gasteiger partial charge in [0.1, 0.15) is 12.4 Å². The van der Waals surface area contributed by atoms with Crippen LogP contribution >= 0.6 is 27.3 Å². The summed E-state index contributed by atoms with van der Waals surface area (Å²) in [4.78, 5) is 1.20. The topological polar surface area (TPSA) is 35.2 Å². The van der Waals surface area contributed by atoms with E-state index in [1.54, 1.807) is 11.3 Å². The fourth-order valence-corrected chi connectivity index (χ4v) is 3.96. The predicted octanol–water partition coefficient (Wildman–Crippen LogP) is 5.01. The van der Waals surface area contributed by atoms with E-state index >= 15 is 0 Å². The number of ether oxygens (including phenoxy) is 1. The van der Waals surface area contributed by atoms with Crippen molar-refractivity contribution in [3.8, 4) is 5.75 Å². The first-order chi connectivity index (χ1) is 10.2. The number of rotatable bonds is 4. The maximum absolute atomic E-state index is 6.02. The summed E-state index contributed by atoms with van der Waals surface area (Å²) in [6.07, 6.45) is 0. The summed E-state index contributed by atoms with van der Waals surface area (Å²) in [5.74, 6) is 0.913. The van der Waals surface area contributed by atoms with Crippen LogP contribution in [0, 0.1) is 6.92 Å². The zero-order valence-corrected chi connectivity index (χ0v) is 14.1. The van der Waals surface area contributed by atoms with Gasteiger partial charge in [-0.3, -0.25) is 0 Å². The summed E-state index contributed by atoms with van der Waals surface area (Å²) in [5.41, 5.74) is 8.21. The lowest BCUT2D eigenvalue weighted by Crippen LogP contribution is -2.02. The average molecular weight is 362 g/mol. The van der Waals surface area contributed by atoms with Crippen LogP contribution in [0.3, 0.4) is 0 Å². The molecule has 3 aromatic rings. The summed E-state index contributed by atoms with van der Waals surface area (Å²) in [7, 11) is 0. The zero-order valence-electron chi connectivity index (χ0n) is 11.7. The number of fused-ring (bicyclic) bond motifs is 1. The molecule has 0 bridgehead atoms. The van der Waals surface area contributed by atoms with Gasteiger partial charge in [-0.2, -0.15) is 0 Å². The van der Waals surface area contributed by atoms with Crippen molar-refractivity contribution in [1.29, 1.82) is 0 Å². The lowest BCUT2D eigenvalue weighted by atomic mass is 10.1. The second-order valence-corrected chi connectivity index (χ2v) is 6.95. The Morgan fingerprint density at radius 1 is 1.19 bits per heavy atom. The van der Waals surface area contributed by atoms with E-state index in [4.69, 9.17) is 10.5 Å². The number of thiophene rings is 1. The fourth-order valence-electron chi connectivity index (χ4n) is 2.40. The van der Waals surface area contributed by atoms with Crippen molar-refractivity contribution >= 4 is 37.4 Å². The predicted molar refractivity (Wildman–Crippen MR) is 92.9 cm³/mol. The first-order valence-electron chi connectivity index (χ1n) is 6.77. The molecule has 0 saturated heterocycles. The Bertz CT molecular complexity index is 782. The van der Waals surface area contributed by atoms with Gasteiger partial charge in [0.2, 0.25) is 0 Å².